The van der Waals surface area contributed by atoms with Gasteiger partial charge >= 0.3 is 0 Å². The van der Waals surface area contributed by atoms with Gasteiger partial charge in [-0.3, -0.25) is 4.90 Å². The molecule has 18 heavy (non-hydrogen) atoms. The molecular formula is C14H22N2O2. The van der Waals surface area contributed by atoms with E-state index in [-0.39, 0.29) is 12.6 Å². The highest BCUT2D eigenvalue weighted by Gasteiger charge is 2.29. The maximum atomic E-state index is 9.55. The minimum absolute atomic E-state index is 0.151. The number of likely N-dealkylation sites (N-methyl/N-ethyl adjacent to an activating group) is 1. The highest BCUT2D eigenvalue weighted by atomic mass is 16.5. The standard InChI is InChI=1S/C14H22N2O2/c1-11-8-16(13(10-17)9-15(11)2)12-5-4-6-14(7-12)18-3/h4-7,11,13,17H,8-10H2,1-3H3. The van der Waals surface area contributed by atoms with Crippen molar-refractivity contribution in [3.63, 3.8) is 0 Å². The van der Waals surface area contributed by atoms with Crippen molar-refractivity contribution in [2.45, 2.75) is 19.0 Å². The van der Waals surface area contributed by atoms with Gasteiger partial charge in [0.1, 0.15) is 5.75 Å². The van der Waals surface area contributed by atoms with E-state index in [2.05, 4.69) is 29.8 Å². The molecule has 1 aromatic rings. The number of rotatable bonds is 3. The van der Waals surface area contributed by atoms with Crippen LogP contribution < -0.4 is 9.64 Å². The lowest BCUT2D eigenvalue weighted by atomic mass is 10.1. The van der Waals surface area contributed by atoms with Gasteiger partial charge in [-0.1, -0.05) is 6.07 Å². The predicted molar refractivity (Wildman–Crippen MR) is 73.3 cm³/mol. The molecule has 1 aliphatic rings. The summed E-state index contributed by atoms with van der Waals surface area (Å²) in [5.41, 5.74) is 1.12. The van der Waals surface area contributed by atoms with Crippen molar-refractivity contribution in [3.8, 4) is 5.75 Å². The van der Waals surface area contributed by atoms with Crippen molar-refractivity contribution in [2.75, 3.05) is 38.8 Å². The molecule has 4 nitrogen and oxygen atoms in total. The van der Waals surface area contributed by atoms with Crippen molar-refractivity contribution in [2.24, 2.45) is 0 Å². The molecule has 0 saturated carbocycles. The minimum Gasteiger partial charge on any atom is -0.497 e. The fraction of sp³-hybridized carbons (Fsp3) is 0.571. The van der Waals surface area contributed by atoms with E-state index in [1.165, 1.54) is 0 Å². The lowest BCUT2D eigenvalue weighted by Gasteiger charge is -2.44. The van der Waals surface area contributed by atoms with E-state index in [0.29, 0.717) is 6.04 Å². The second-order valence-corrected chi connectivity index (χ2v) is 4.98. The summed E-state index contributed by atoms with van der Waals surface area (Å²) in [5, 5.41) is 9.55. The maximum absolute atomic E-state index is 9.55. The average Bonchev–Trinajstić information content (AvgIpc) is 2.41. The minimum atomic E-state index is 0.151. The molecule has 100 valence electrons. The van der Waals surface area contributed by atoms with Crippen molar-refractivity contribution in [1.82, 2.24) is 4.90 Å². The number of aliphatic hydroxyl groups excluding tert-OH is 1. The lowest BCUT2D eigenvalue weighted by molar-refractivity contribution is 0.155. The molecule has 0 aromatic heterocycles. The molecule has 2 rings (SSSR count). The third kappa shape index (κ3) is 2.60. The molecule has 0 spiro atoms. The fourth-order valence-corrected chi connectivity index (χ4v) is 2.45. The Morgan fingerprint density at radius 3 is 2.83 bits per heavy atom. The van der Waals surface area contributed by atoms with Crippen LogP contribution in [0.1, 0.15) is 6.92 Å². The van der Waals surface area contributed by atoms with Crippen molar-refractivity contribution < 1.29 is 9.84 Å². The number of benzene rings is 1. The number of ether oxygens (including phenoxy) is 1. The summed E-state index contributed by atoms with van der Waals surface area (Å²) in [7, 11) is 3.78. The van der Waals surface area contributed by atoms with Gasteiger partial charge in [0.2, 0.25) is 0 Å². The molecule has 1 aliphatic heterocycles. The normalized spacial score (nSPS) is 25.2. The predicted octanol–water partition coefficient (Wildman–Crippen LogP) is 1.20. The quantitative estimate of drug-likeness (QED) is 0.874. The lowest BCUT2D eigenvalue weighted by Crippen LogP contribution is -2.57. The van der Waals surface area contributed by atoms with Crippen molar-refractivity contribution >= 4 is 5.69 Å². The maximum Gasteiger partial charge on any atom is 0.120 e. The Bertz CT molecular complexity index is 397. The van der Waals surface area contributed by atoms with Gasteiger partial charge in [0.25, 0.3) is 0 Å². The Morgan fingerprint density at radius 1 is 1.39 bits per heavy atom. The molecule has 0 amide bonds. The largest absolute Gasteiger partial charge is 0.497 e. The van der Waals surface area contributed by atoms with Gasteiger partial charge in [-0.15, -0.1) is 0 Å². The summed E-state index contributed by atoms with van der Waals surface area (Å²) < 4.78 is 5.26. The second kappa shape index (κ2) is 5.59. The number of aliphatic hydroxyl groups is 1. The molecule has 2 atom stereocenters. The highest BCUT2D eigenvalue weighted by molar-refractivity contribution is 5.52. The highest BCUT2D eigenvalue weighted by Crippen LogP contribution is 2.26. The smallest absolute Gasteiger partial charge is 0.120 e. The van der Waals surface area contributed by atoms with E-state index < -0.39 is 0 Å². The van der Waals surface area contributed by atoms with Gasteiger partial charge in [0.05, 0.1) is 19.8 Å². The SMILES string of the molecule is COc1cccc(N2CC(C)N(C)CC2CO)c1. The van der Waals surface area contributed by atoms with Crippen LogP contribution >= 0.6 is 0 Å². The average molecular weight is 250 g/mol. The van der Waals surface area contributed by atoms with E-state index >= 15 is 0 Å². The molecule has 4 heteroatoms. The van der Waals surface area contributed by atoms with Crippen LogP contribution in [-0.2, 0) is 0 Å². The molecule has 0 aliphatic carbocycles. The summed E-state index contributed by atoms with van der Waals surface area (Å²) in [6, 6.07) is 8.67. The molecule has 1 heterocycles. The summed E-state index contributed by atoms with van der Waals surface area (Å²) in [5.74, 6) is 0.857. The Hall–Kier alpha value is -1.26. The first-order valence-electron chi connectivity index (χ1n) is 6.37. The first kappa shape index (κ1) is 13.2. The van der Waals surface area contributed by atoms with Crippen molar-refractivity contribution in [1.29, 1.82) is 0 Å². The van der Waals surface area contributed by atoms with E-state index in [0.717, 1.165) is 24.5 Å². The summed E-state index contributed by atoms with van der Waals surface area (Å²) in [6.07, 6.45) is 0. The zero-order valence-corrected chi connectivity index (χ0v) is 11.3. The summed E-state index contributed by atoms with van der Waals surface area (Å²) in [4.78, 5) is 4.56. The van der Waals surface area contributed by atoms with E-state index in [9.17, 15) is 5.11 Å². The van der Waals surface area contributed by atoms with E-state index in [1.54, 1.807) is 7.11 Å². The van der Waals surface area contributed by atoms with Gasteiger partial charge < -0.3 is 14.7 Å². The van der Waals surface area contributed by atoms with Crippen LogP contribution in [0.25, 0.3) is 0 Å². The van der Waals surface area contributed by atoms with E-state index in [4.69, 9.17) is 4.74 Å². The number of nitrogens with zero attached hydrogens (tertiary/aromatic N) is 2. The van der Waals surface area contributed by atoms with Gasteiger partial charge in [0.15, 0.2) is 0 Å². The van der Waals surface area contributed by atoms with Gasteiger partial charge in [-0.2, -0.15) is 0 Å². The van der Waals surface area contributed by atoms with Crippen LogP contribution in [0, 0.1) is 0 Å². The second-order valence-electron chi connectivity index (χ2n) is 4.98. The molecule has 0 bridgehead atoms. The van der Waals surface area contributed by atoms with Crippen LogP contribution in [0.5, 0.6) is 5.75 Å². The van der Waals surface area contributed by atoms with Crippen LogP contribution in [0.2, 0.25) is 0 Å². The van der Waals surface area contributed by atoms with Crippen LogP contribution in [-0.4, -0.2) is 55.9 Å². The monoisotopic (exact) mass is 250 g/mol. The van der Waals surface area contributed by atoms with Crippen LogP contribution in [0.15, 0.2) is 24.3 Å². The third-order valence-electron chi connectivity index (χ3n) is 3.75. The first-order chi connectivity index (χ1) is 8.65. The third-order valence-corrected chi connectivity index (χ3v) is 3.75. The molecule has 1 saturated heterocycles. The molecule has 1 N–H and O–H groups in total. The molecule has 1 fully saturated rings. The Kier molecular flexibility index (Phi) is 4.09. The van der Waals surface area contributed by atoms with Gasteiger partial charge in [-0.05, 0) is 26.1 Å². The number of piperazine rings is 1. The number of methoxy groups -OCH3 is 1. The number of hydrogen-bond donors (Lipinski definition) is 1. The summed E-state index contributed by atoms with van der Waals surface area (Å²) in [6.45, 7) is 4.19. The zero-order valence-electron chi connectivity index (χ0n) is 11.3. The molecular weight excluding hydrogens is 228 g/mol. The Balaban J connectivity index is 2.23. The first-order valence-corrected chi connectivity index (χ1v) is 6.37. The fourth-order valence-electron chi connectivity index (χ4n) is 2.45. The number of hydrogen-bond acceptors (Lipinski definition) is 4. The Morgan fingerprint density at radius 2 is 2.17 bits per heavy atom. The molecule has 2 unspecified atom stereocenters. The Labute approximate surface area is 109 Å². The summed E-state index contributed by atoms with van der Waals surface area (Å²) >= 11 is 0. The van der Waals surface area contributed by atoms with Gasteiger partial charge in [0, 0.05) is 30.9 Å². The van der Waals surface area contributed by atoms with Crippen LogP contribution in [0.3, 0.4) is 0 Å². The number of anilines is 1. The topological polar surface area (TPSA) is 35.9 Å². The van der Waals surface area contributed by atoms with Gasteiger partial charge in [-0.25, -0.2) is 0 Å². The zero-order chi connectivity index (χ0) is 13.1. The molecule has 1 aromatic carbocycles. The van der Waals surface area contributed by atoms with Crippen molar-refractivity contribution in [3.05, 3.63) is 24.3 Å². The van der Waals surface area contributed by atoms with E-state index in [1.807, 2.05) is 18.2 Å². The van der Waals surface area contributed by atoms with Crippen LogP contribution in [0.4, 0.5) is 5.69 Å². The molecule has 0 radical (unpaired) electrons.